The van der Waals surface area contributed by atoms with Gasteiger partial charge in [-0.15, -0.1) is 0 Å². The van der Waals surface area contributed by atoms with Gasteiger partial charge in [-0.1, -0.05) is 51.1 Å². The minimum Gasteiger partial charge on any atom is -0.457 e. The second kappa shape index (κ2) is 13.9. The zero-order valence-corrected chi connectivity index (χ0v) is 24.0. The van der Waals surface area contributed by atoms with Crippen LogP contribution in [0.3, 0.4) is 0 Å². The standard InChI is InChI=1S/C30H36FN3O5S/c1-5-28(30(36)32-19-22(2)3)33(20-23-11-13-24(31)14-12-23)29(35)21-34(40(4,37)38)25-15-17-27(18-16-25)39-26-9-7-6-8-10-26/h6-18,22,28H,5,19-21H2,1-4H3,(H,32,36)/t28-/m1/s1. The summed E-state index contributed by atoms with van der Waals surface area (Å²) < 4.78 is 45.9. The molecule has 1 atom stereocenters. The van der Waals surface area contributed by atoms with Crippen molar-refractivity contribution in [3.05, 3.63) is 90.2 Å². The quantitative estimate of drug-likeness (QED) is 0.314. The summed E-state index contributed by atoms with van der Waals surface area (Å²) in [6.45, 7) is 5.62. The number of hydrogen-bond donors (Lipinski definition) is 1. The van der Waals surface area contributed by atoms with Crippen LogP contribution in [0.4, 0.5) is 10.1 Å². The molecule has 0 saturated carbocycles. The van der Waals surface area contributed by atoms with Crippen molar-refractivity contribution in [2.45, 2.75) is 39.8 Å². The maximum atomic E-state index is 13.7. The predicted molar refractivity (Wildman–Crippen MR) is 154 cm³/mol. The molecule has 0 fully saturated rings. The molecule has 40 heavy (non-hydrogen) atoms. The highest BCUT2D eigenvalue weighted by atomic mass is 32.2. The van der Waals surface area contributed by atoms with Crippen molar-refractivity contribution in [3.8, 4) is 11.5 Å². The van der Waals surface area contributed by atoms with E-state index in [1.165, 1.54) is 29.2 Å². The molecule has 0 aromatic heterocycles. The summed E-state index contributed by atoms with van der Waals surface area (Å²) in [6.07, 6.45) is 1.33. The summed E-state index contributed by atoms with van der Waals surface area (Å²) in [5, 5.41) is 2.87. The lowest BCUT2D eigenvalue weighted by Gasteiger charge is -2.33. The minimum absolute atomic E-state index is 0.00811. The molecule has 0 saturated heterocycles. The van der Waals surface area contributed by atoms with Crippen molar-refractivity contribution in [2.24, 2.45) is 5.92 Å². The van der Waals surface area contributed by atoms with Crippen LogP contribution in [0, 0.1) is 11.7 Å². The topological polar surface area (TPSA) is 96.0 Å². The Kier molecular flexibility index (Phi) is 10.7. The number of anilines is 1. The van der Waals surface area contributed by atoms with E-state index in [2.05, 4.69) is 5.32 Å². The first kappa shape index (κ1) is 30.6. The summed E-state index contributed by atoms with van der Waals surface area (Å²) >= 11 is 0. The van der Waals surface area contributed by atoms with Crippen LogP contribution < -0.4 is 14.4 Å². The van der Waals surface area contributed by atoms with Gasteiger partial charge in [0.15, 0.2) is 0 Å². The number of para-hydroxylation sites is 1. The molecule has 0 aliphatic rings. The molecule has 0 unspecified atom stereocenters. The van der Waals surface area contributed by atoms with E-state index in [0.29, 0.717) is 30.0 Å². The van der Waals surface area contributed by atoms with Gasteiger partial charge in [-0.2, -0.15) is 0 Å². The van der Waals surface area contributed by atoms with Gasteiger partial charge in [0.25, 0.3) is 0 Å². The lowest BCUT2D eigenvalue weighted by atomic mass is 10.1. The number of carbonyl (C=O) groups excluding carboxylic acids is 2. The van der Waals surface area contributed by atoms with Crippen LogP contribution in [0.1, 0.15) is 32.8 Å². The van der Waals surface area contributed by atoms with E-state index in [-0.39, 0.29) is 24.1 Å². The fraction of sp³-hybridized carbons (Fsp3) is 0.333. The van der Waals surface area contributed by atoms with Crippen LogP contribution in [0.2, 0.25) is 0 Å². The number of rotatable bonds is 13. The van der Waals surface area contributed by atoms with Gasteiger partial charge in [0, 0.05) is 13.1 Å². The van der Waals surface area contributed by atoms with Crippen molar-refractivity contribution >= 4 is 27.5 Å². The molecule has 0 bridgehead atoms. The summed E-state index contributed by atoms with van der Waals surface area (Å²) in [6, 6.07) is 20.3. The molecule has 3 aromatic rings. The van der Waals surface area contributed by atoms with Crippen molar-refractivity contribution in [1.29, 1.82) is 0 Å². The fourth-order valence-electron chi connectivity index (χ4n) is 4.05. The summed E-state index contributed by atoms with van der Waals surface area (Å²) in [7, 11) is -3.88. The number of sulfonamides is 1. The van der Waals surface area contributed by atoms with E-state index in [4.69, 9.17) is 4.74 Å². The SMILES string of the molecule is CC[C@H](C(=O)NCC(C)C)N(Cc1ccc(F)cc1)C(=O)CN(c1ccc(Oc2ccccc2)cc1)S(C)(=O)=O. The van der Waals surface area contributed by atoms with Gasteiger partial charge in [-0.05, 0) is 66.4 Å². The Morgan fingerprint density at radius 1 is 0.925 bits per heavy atom. The molecular weight excluding hydrogens is 533 g/mol. The van der Waals surface area contributed by atoms with E-state index in [0.717, 1.165) is 10.6 Å². The molecule has 3 aromatic carbocycles. The van der Waals surface area contributed by atoms with E-state index in [1.54, 1.807) is 43.3 Å². The Morgan fingerprint density at radius 3 is 2.08 bits per heavy atom. The zero-order chi connectivity index (χ0) is 29.3. The lowest BCUT2D eigenvalue weighted by Crippen LogP contribution is -2.52. The van der Waals surface area contributed by atoms with Gasteiger partial charge in [0.05, 0.1) is 11.9 Å². The maximum absolute atomic E-state index is 13.7. The fourth-order valence-corrected chi connectivity index (χ4v) is 4.90. The van der Waals surface area contributed by atoms with Crippen molar-refractivity contribution < 1.29 is 27.1 Å². The zero-order valence-electron chi connectivity index (χ0n) is 23.2. The molecule has 0 heterocycles. The van der Waals surface area contributed by atoms with Crippen molar-refractivity contribution in [2.75, 3.05) is 23.7 Å². The Morgan fingerprint density at radius 2 is 1.52 bits per heavy atom. The van der Waals surface area contributed by atoms with E-state index < -0.39 is 34.3 Å². The molecule has 8 nitrogen and oxygen atoms in total. The average Bonchev–Trinajstić information content (AvgIpc) is 2.92. The Balaban J connectivity index is 1.88. The monoisotopic (exact) mass is 569 g/mol. The van der Waals surface area contributed by atoms with Gasteiger partial charge in [-0.25, -0.2) is 12.8 Å². The lowest BCUT2D eigenvalue weighted by molar-refractivity contribution is -0.140. The first-order valence-corrected chi connectivity index (χ1v) is 14.9. The predicted octanol–water partition coefficient (Wildman–Crippen LogP) is 4.96. The largest absolute Gasteiger partial charge is 0.457 e. The molecular formula is C30H36FN3O5S. The second-order valence-corrected chi connectivity index (χ2v) is 11.8. The number of carbonyl (C=O) groups is 2. The molecule has 0 aliphatic heterocycles. The number of amides is 2. The van der Waals surface area contributed by atoms with Crippen LogP contribution in [0.25, 0.3) is 0 Å². The van der Waals surface area contributed by atoms with Crippen LogP contribution >= 0.6 is 0 Å². The van der Waals surface area contributed by atoms with Crippen LogP contribution in [0.5, 0.6) is 11.5 Å². The molecule has 0 radical (unpaired) electrons. The van der Waals surface area contributed by atoms with Crippen LogP contribution in [0.15, 0.2) is 78.9 Å². The number of nitrogens with one attached hydrogen (secondary N) is 1. The average molecular weight is 570 g/mol. The summed E-state index contributed by atoms with van der Waals surface area (Å²) in [5.74, 6) is 0.0122. The van der Waals surface area contributed by atoms with E-state index >= 15 is 0 Å². The first-order valence-electron chi connectivity index (χ1n) is 13.1. The van der Waals surface area contributed by atoms with Crippen LogP contribution in [-0.4, -0.2) is 50.5 Å². The summed E-state index contributed by atoms with van der Waals surface area (Å²) in [4.78, 5) is 28.2. The van der Waals surface area contributed by atoms with Gasteiger partial charge >= 0.3 is 0 Å². The second-order valence-electron chi connectivity index (χ2n) is 9.89. The molecule has 2 amide bonds. The van der Waals surface area contributed by atoms with Crippen molar-refractivity contribution in [3.63, 3.8) is 0 Å². The van der Waals surface area contributed by atoms with Gasteiger partial charge in [-0.3, -0.25) is 13.9 Å². The van der Waals surface area contributed by atoms with Crippen molar-refractivity contribution in [1.82, 2.24) is 10.2 Å². The molecule has 1 N–H and O–H groups in total. The first-order chi connectivity index (χ1) is 19.0. The number of hydrogen-bond acceptors (Lipinski definition) is 5. The highest BCUT2D eigenvalue weighted by molar-refractivity contribution is 7.92. The molecule has 10 heteroatoms. The van der Waals surface area contributed by atoms with E-state index in [9.17, 15) is 22.4 Å². The smallest absolute Gasteiger partial charge is 0.244 e. The Bertz CT molecular complexity index is 1360. The third kappa shape index (κ3) is 8.81. The molecule has 0 spiro atoms. The highest BCUT2D eigenvalue weighted by Crippen LogP contribution is 2.26. The third-order valence-corrected chi connectivity index (χ3v) is 7.26. The van der Waals surface area contributed by atoms with Gasteiger partial charge in [0.2, 0.25) is 21.8 Å². The van der Waals surface area contributed by atoms with Gasteiger partial charge in [0.1, 0.15) is 29.9 Å². The molecule has 3 rings (SSSR count). The number of nitrogens with zero attached hydrogens (tertiary/aromatic N) is 2. The molecule has 214 valence electrons. The third-order valence-electron chi connectivity index (χ3n) is 6.12. The number of benzene rings is 3. The minimum atomic E-state index is -3.88. The Labute approximate surface area is 235 Å². The number of halogens is 1. The van der Waals surface area contributed by atoms with Gasteiger partial charge < -0.3 is 15.0 Å². The summed E-state index contributed by atoms with van der Waals surface area (Å²) in [5.41, 5.74) is 0.883. The highest BCUT2D eigenvalue weighted by Gasteiger charge is 2.31. The molecule has 0 aliphatic carbocycles. The Hall–Kier alpha value is -3.92. The van der Waals surface area contributed by atoms with E-state index in [1.807, 2.05) is 32.0 Å². The van der Waals surface area contributed by atoms with Crippen LogP contribution in [-0.2, 0) is 26.2 Å². The maximum Gasteiger partial charge on any atom is 0.244 e. The number of ether oxygens (including phenoxy) is 1. The normalized spacial score (nSPS) is 12.1.